The van der Waals surface area contributed by atoms with Crippen LogP contribution in [0.4, 0.5) is 5.69 Å². The summed E-state index contributed by atoms with van der Waals surface area (Å²) >= 11 is 0. The Bertz CT molecular complexity index is 522. The summed E-state index contributed by atoms with van der Waals surface area (Å²) in [7, 11) is 0. The number of carbonyl (C=O) groups excluding carboxylic acids is 1. The summed E-state index contributed by atoms with van der Waals surface area (Å²) < 4.78 is 5.73. The molecule has 1 aliphatic rings. The molecule has 0 spiro atoms. The molecule has 1 aromatic rings. The van der Waals surface area contributed by atoms with Gasteiger partial charge in [-0.3, -0.25) is 4.79 Å². The van der Waals surface area contributed by atoms with Gasteiger partial charge in [-0.1, -0.05) is 6.92 Å². The molecule has 4 heteroatoms. The standard InChI is InChI=1S/C19H30N2O2/c1-13(2)23-18-6-5-17(11-15(18)4)21-19(22)12-14(3)16-7-9-20-10-8-16/h5-6,11,13-14,16,20H,7-10,12H2,1-4H3,(H,21,22). The van der Waals surface area contributed by atoms with E-state index in [0.717, 1.165) is 30.1 Å². The van der Waals surface area contributed by atoms with Crippen molar-refractivity contribution in [2.24, 2.45) is 11.8 Å². The predicted octanol–water partition coefficient (Wildman–Crippen LogP) is 3.75. The number of hydrogen-bond acceptors (Lipinski definition) is 3. The van der Waals surface area contributed by atoms with Crippen LogP contribution in [-0.4, -0.2) is 25.1 Å². The molecule has 2 N–H and O–H groups in total. The van der Waals surface area contributed by atoms with E-state index in [2.05, 4.69) is 17.6 Å². The van der Waals surface area contributed by atoms with Gasteiger partial charge in [0.15, 0.2) is 0 Å². The molecule has 1 aromatic carbocycles. The Balaban J connectivity index is 1.88. The van der Waals surface area contributed by atoms with Crippen molar-refractivity contribution in [2.75, 3.05) is 18.4 Å². The zero-order valence-corrected chi connectivity index (χ0v) is 14.8. The number of carbonyl (C=O) groups is 1. The van der Waals surface area contributed by atoms with E-state index in [-0.39, 0.29) is 12.0 Å². The number of ether oxygens (including phenoxy) is 1. The number of nitrogens with one attached hydrogen (secondary N) is 2. The topological polar surface area (TPSA) is 50.4 Å². The second kappa shape index (κ2) is 8.34. The van der Waals surface area contributed by atoms with Gasteiger partial charge in [-0.2, -0.15) is 0 Å². The molecule has 128 valence electrons. The molecule has 4 nitrogen and oxygen atoms in total. The van der Waals surface area contributed by atoms with Gasteiger partial charge in [0.05, 0.1) is 6.10 Å². The fourth-order valence-corrected chi connectivity index (χ4v) is 3.20. The van der Waals surface area contributed by atoms with Crippen molar-refractivity contribution in [3.05, 3.63) is 23.8 Å². The zero-order valence-electron chi connectivity index (χ0n) is 14.8. The molecule has 1 fully saturated rings. The van der Waals surface area contributed by atoms with Crippen molar-refractivity contribution < 1.29 is 9.53 Å². The molecule has 1 amide bonds. The van der Waals surface area contributed by atoms with Gasteiger partial charge in [0, 0.05) is 12.1 Å². The molecule has 1 aliphatic heterocycles. The lowest BCUT2D eigenvalue weighted by molar-refractivity contribution is -0.117. The smallest absolute Gasteiger partial charge is 0.224 e. The van der Waals surface area contributed by atoms with Gasteiger partial charge in [0.1, 0.15) is 5.75 Å². The maximum Gasteiger partial charge on any atom is 0.224 e. The number of benzene rings is 1. The van der Waals surface area contributed by atoms with E-state index in [0.29, 0.717) is 18.3 Å². The van der Waals surface area contributed by atoms with Crippen LogP contribution < -0.4 is 15.4 Å². The molecule has 0 aliphatic carbocycles. The number of hydrogen-bond donors (Lipinski definition) is 2. The maximum absolute atomic E-state index is 12.3. The van der Waals surface area contributed by atoms with Crippen molar-refractivity contribution in [3.8, 4) is 5.75 Å². The Kier molecular flexibility index (Phi) is 6.46. The Morgan fingerprint density at radius 3 is 2.61 bits per heavy atom. The fraction of sp³-hybridized carbons (Fsp3) is 0.632. The van der Waals surface area contributed by atoms with Gasteiger partial charge >= 0.3 is 0 Å². The lowest BCUT2D eigenvalue weighted by Crippen LogP contribution is -2.32. The van der Waals surface area contributed by atoms with E-state index in [1.807, 2.05) is 39.0 Å². The monoisotopic (exact) mass is 318 g/mol. The normalized spacial score (nSPS) is 17.1. The van der Waals surface area contributed by atoms with E-state index in [1.165, 1.54) is 12.8 Å². The summed E-state index contributed by atoms with van der Waals surface area (Å²) in [6, 6.07) is 5.82. The largest absolute Gasteiger partial charge is 0.491 e. The highest BCUT2D eigenvalue weighted by molar-refractivity contribution is 5.91. The Morgan fingerprint density at radius 1 is 1.30 bits per heavy atom. The van der Waals surface area contributed by atoms with E-state index in [1.54, 1.807) is 0 Å². The molecule has 0 radical (unpaired) electrons. The number of rotatable bonds is 6. The lowest BCUT2D eigenvalue weighted by Gasteiger charge is -2.27. The van der Waals surface area contributed by atoms with Gasteiger partial charge in [0.2, 0.25) is 5.91 Å². The minimum absolute atomic E-state index is 0.105. The molecular formula is C19H30N2O2. The molecular weight excluding hydrogens is 288 g/mol. The first kappa shape index (κ1) is 17.8. The van der Waals surface area contributed by atoms with Gasteiger partial charge in [0.25, 0.3) is 0 Å². The SMILES string of the molecule is Cc1cc(NC(=O)CC(C)C2CCNCC2)ccc1OC(C)C. The number of aryl methyl sites for hydroxylation is 1. The van der Waals surface area contributed by atoms with Crippen LogP contribution in [0.3, 0.4) is 0 Å². The van der Waals surface area contributed by atoms with Gasteiger partial charge in [-0.15, -0.1) is 0 Å². The predicted molar refractivity (Wildman–Crippen MR) is 94.9 cm³/mol. The molecule has 1 atom stereocenters. The molecule has 2 rings (SSSR count). The highest BCUT2D eigenvalue weighted by Gasteiger charge is 2.22. The number of amides is 1. The zero-order chi connectivity index (χ0) is 16.8. The van der Waals surface area contributed by atoms with E-state index >= 15 is 0 Å². The molecule has 1 saturated heterocycles. The van der Waals surface area contributed by atoms with Crippen molar-refractivity contribution in [1.82, 2.24) is 5.32 Å². The first-order chi connectivity index (χ1) is 11.0. The van der Waals surface area contributed by atoms with Gasteiger partial charge in [-0.05, 0) is 82.3 Å². The van der Waals surface area contributed by atoms with Crippen molar-refractivity contribution in [1.29, 1.82) is 0 Å². The third-order valence-electron chi connectivity index (χ3n) is 4.52. The van der Waals surface area contributed by atoms with E-state index in [4.69, 9.17) is 4.74 Å². The van der Waals surface area contributed by atoms with E-state index in [9.17, 15) is 4.79 Å². The summed E-state index contributed by atoms with van der Waals surface area (Å²) in [6.45, 7) is 10.4. The summed E-state index contributed by atoms with van der Waals surface area (Å²) in [5.74, 6) is 2.07. The van der Waals surface area contributed by atoms with Gasteiger partial charge in [-0.25, -0.2) is 0 Å². The van der Waals surface area contributed by atoms with Gasteiger partial charge < -0.3 is 15.4 Å². The Morgan fingerprint density at radius 2 is 2.00 bits per heavy atom. The molecule has 0 aromatic heterocycles. The molecule has 1 unspecified atom stereocenters. The number of anilines is 1. The summed E-state index contributed by atoms with van der Waals surface area (Å²) in [5, 5.41) is 6.40. The van der Waals surface area contributed by atoms with Crippen LogP contribution in [0.1, 0.15) is 45.6 Å². The summed E-state index contributed by atoms with van der Waals surface area (Å²) in [6.07, 6.45) is 3.09. The molecule has 23 heavy (non-hydrogen) atoms. The molecule has 0 bridgehead atoms. The highest BCUT2D eigenvalue weighted by Crippen LogP contribution is 2.26. The van der Waals surface area contributed by atoms with Crippen LogP contribution >= 0.6 is 0 Å². The van der Waals surface area contributed by atoms with Crippen molar-refractivity contribution >= 4 is 11.6 Å². The first-order valence-electron chi connectivity index (χ1n) is 8.73. The second-order valence-corrected chi connectivity index (χ2v) is 6.96. The average Bonchev–Trinajstić information content (AvgIpc) is 2.50. The minimum atomic E-state index is 0.105. The minimum Gasteiger partial charge on any atom is -0.491 e. The molecule has 1 heterocycles. The van der Waals surface area contributed by atoms with Crippen LogP contribution in [0.2, 0.25) is 0 Å². The summed E-state index contributed by atoms with van der Waals surface area (Å²) in [5.41, 5.74) is 1.89. The van der Waals surface area contributed by atoms with Crippen LogP contribution in [0.5, 0.6) is 5.75 Å². The quantitative estimate of drug-likeness (QED) is 0.840. The van der Waals surface area contributed by atoms with Crippen LogP contribution in [0, 0.1) is 18.8 Å². The Hall–Kier alpha value is -1.55. The van der Waals surface area contributed by atoms with Crippen LogP contribution in [0.15, 0.2) is 18.2 Å². The number of piperidine rings is 1. The molecule has 0 saturated carbocycles. The first-order valence-corrected chi connectivity index (χ1v) is 8.73. The fourth-order valence-electron chi connectivity index (χ4n) is 3.20. The highest BCUT2D eigenvalue weighted by atomic mass is 16.5. The maximum atomic E-state index is 12.3. The second-order valence-electron chi connectivity index (χ2n) is 6.96. The van der Waals surface area contributed by atoms with Crippen LogP contribution in [-0.2, 0) is 4.79 Å². The van der Waals surface area contributed by atoms with Crippen molar-refractivity contribution in [2.45, 2.75) is 53.1 Å². The lowest BCUT2D eigenvalue weighted by atomic mass is 9.84. The van der Waals surface area contributed by atoms with Crippen molar-refractivity contribution in [3.63, 3.8) is 0 Å². The van der Waals surface area contributed by atoms with E-state index < -0.39 is 0 Å². The third-order valence-corrected chi connectivity index (χ3v) is 4.52. The van der Waals surface area contributed by atoms with Crippen LogP contribution in [0.25, 0.3) is 0 Å². The average molecular weight is 318 g/mol. The third kappa shape index (κ3) is 5.54. The Labute approximate surface area is 140 Å². The summed E-state index contributed by atoms with van der Waals surface area (Å²) in [4.78, 5) is 12.3.